The van der Waals surface area contributed by atoms with Crippen molar-refractivity contribution >= 4 is 35.3 Å². The van der Waals surface area contributed by atoms with Gasteiger partial charge in [-0.1, -0.05) is 12.1 Å². The Labute approximate surface area is 307 Å². The van der Waals surface area contributed by atoms with Crippen LogP contribution in [0, 0.1) is 0 Å². The minimum atomic E-state index is -5.08. The topological polar surface area (TPSA) is 189 Å². The van der Waals surface area contributed by atoms with E-state index in [0.29, 0.717) is 6.04 Å². The number of carbonyl (C=O) groups is 4. The zero-order valence-electron chi connectivity index (χ0n) is 28.5. The number of fused-ring (bicyclic) bond motifs is 1. The molecule has 314 valence electrons. The Morgan fingerprint density at radius 3 is 1.57 bits per heavy atom. The van der Waals surface area contributed by atoms with Gasteiger partial charge in [-0.25, -0.2) is 24.2 Å². The van der Waals surface area contributed by atoms with Crippen molar-refractivity contribution in [2.24, 2.45) is 0 Å². The summed E-state index contributed by atoms with van der Waals surface area (Å²) < 4.78 is 129. The van der Waals surface area contributed by atoms with E-state index in [1.54, 1.807) is 0 Å². The summed E-state index contributed by atoms with van der Waals surface area (Å²) >= 11 is 0. The molecule has 0 aliphatic carbocycles. The molecular weight excluding hydrogens is 800 g/mol. The Kier molecular flexibility index (Phi) is 17.8. The Bertz CT molecular complexity index is 1630. The maximum Gasteiger partial charge on any atom is 0.490 e. The van der Waals surface area contributed by atoms with Crippen molar-refractivity contribution in [2.45, 2.75) is 50.1 Å². The molecule has 1 unspecified atom stereocenters. The molecule has 2 fully saturated rings. The standard InChI is InChI=1S/C22H28N6.4C2HF3O2/c1-25-12-13-26(15-18-6-5-9-23-14-18)17-20(25)19-16-28-21(24-19)7-4-8-22(28)27-10-2-3-11-27;4*3-2(4,5)1(6)7/h4-9,14,16,20H,2-3,10-13,15,17H2,1H3;4*(H,6,7). The van der Waals surface area contributed by atoms with Gasteiger partial charge in [0.05, 0.1) is 11.7 Å². The van der Waals surface area contributed by atoms with Crippen molar-refractivity contribution < 1.29 is 92.3 Å². The molecule has 0 bridgehead atoms. The fraction of sp³-hybridized carbons (Fsp3) is 0.467. The number of halogens is 12. The first-order chi connectivity index (χ1) is 25.5. The highest BCUT2D eigenvalue weighted by Crippen LogP contribution is 2.28. The highest BCUT2D eigenvalue weighted by atomic mass is 19.4. The number of imidazole rings is 1. The first kappa shape index (κ1) is 48.6. The van der Waals surface area contributed by atoms with E-state index in [-0.39, 0.29) is 0 Å². The van der Waals surface area contributed by atoms with Crippen LogP contribution in [0.15, 0.2) is 48.9 Å². The molecule has 0 amide bonds. The van der Waals surface area contributed by atoms with E-state index in [0.717, 1.165) is 44.9 Å². The lowest BCUT2D eigenvalue weighted by Gasteiger charge is -2.38. The lowest BCUT2D eigenvalue weighted by Crippen LogP contribution is -2.46. The van der Waals surface area contributed by atoms with E-state index in [2.05, 4.69) is 61.6 Å². The molecule has 14 nitrogen and oxygen atoms in total. The number of nitrogens with zero attached hydrogens (tertiary/aromatic N) is 6. The number of aliphatic carboxylic acids is 4. The summed E-state index contributed by atoms with van der Waals surface area (Å²) in [7, 11) is 2.22. The van der Waals surface area contributed by atoms with Gasteiger partial charge in [0, 0.05) is 57.9 Å². The number of aromatic nitrogens is 3. The largest absolute Gasteiger partial charge is 0.490 e. The number of piperazine rings is 1. The van der Waals surface area contributed by atoms with Crippen molar-refractivity contribution in [2.75, 3.05) is 44.7 Å². The predicted octanol–water partition coefficient (Wildman–Crippen LogP) is 5.35. The van der Waals surface area contributed by atoms with Crippen molar-refractivity contribution in [3.05, 3.63) is 60.2 Å². The maximum absolute atomic E-state index is 10.6. The van der Waals surface area contributed by atoms with Crippen LogP contribution in [0.5, 0.6) is 0 Å². The average molecular weight is 833 g/mol. The Hall–Kier alpha value is -5.40. The number of rotatable bonds is 4. The summed E-state index contributed by atoms with van der Waals surface area (Å²) in [6.45, 7) is 6.37. The molecule has 5 heterocycles. The molecule has 2 aliphatic rings. The van der Waals surface area contributed by atoms with Gasteiger partial charge in [0.25, 0.3) is 0 Å². The van der Waals surface area contributed by atoms with Crippen molar-refractivity contribution in [1.29, 1.82) is 0 Å². The van der Waals surface area contributed by atoms with Gasteiger partial charge < -0.3 is 25.3 Å². The molecule has 1 atom stereocenters. The third kappa shape index (κ3) is 17.0. The monoisotopic (exact) mass is 832 g/mol. The number of pyridine rings is 2. The molecule has 2 saturated heterocycles. The lowest BCUT2D eigenvalue weighted by molar-refractivity contribution is -0.193. The number of carboxylic acids is 4. The van der Waals surface area contributed by atoms with Crippen LogP contribution < -0.4 is 4.90 Å². The minimum absolute atomic E-state index is 0.316. The second-order valence-corrected chi connectivity index (χ2v) is 11.3. The first-order valence-corrected chi connectivity index (χ1v) is 15.3. The van der Waals surface area contributed by atoms with Gasteiger partial charge >= 0.3 is 48.6 Å². The summed E-state index contributed by atoms with van der Waals surface area (Å²) in [5.74, 6) is -9.75. The zero-order valence-corrected chi connectivity index (χ0v) is 28.5. The van der Waals surface area contributed by atoms with E-state index in [1.807, 2.05) is 18.5 Å². The van der Waals surface area contributed by atoms with Crippen LogP contribution in [-0.4, -0.2) is 133 Å². The molecule has 3 aromatic heterocycles. The van der Waals surface area contributed by atoms with Crippen LogP contribution in [0.1, 0.15) is 30.1 Å². The second-order valence-electron chi connectivity index (χ2n) is 11.3. The van der Waals surface area contributed by atoms with Crippen molar-refractivity contribution in [1.82, 2.24) is 24.2 Å². The molecule has 56 heavy (non-hydrogen) atoms. The molecule has 0 spiro atoms. The van der Waals surface area contributed by atoms with E-state index in [4.69, 9.17) is 44.6 Å². The van der Waals surface area contributed by atoms with Crippen LogP contribution >= 0.6 is 0 Å². The van der Waals surface area contributed by atoms with E-state index in [9.17, 15) is 52.7 Å². The normalized spacial score (nSPS) is 16.4. The van der Waals surface area contributed by atoms with Gasteiger partial charge in [-0.15, -0.1) is 0 Å². The van der Waals surface area contributed by atoms with E-state index >= 15 is 0 Å². The maximum atomic E-state index is 10.6. The fourth-order valence-corrected chi connectivity index (χ4v) is 4.52. The number of likely N-dealkylation sites (N-methyl/N-ethyl adjacent to an activating group) is 1. The molecule has 5 rings (SSSR count). The average Bonchev–Trinajstić information content (AvgIpc) is 3.76. The van der Waals surface area contributed by atoms with Crippen LogP contribution in [0.2, 0.25) is 0 Å². The minimum Gasteiger partial charge on any atom is -0.475 e. The first-order valence-electron chi connectivity index (χ1n) is 15.3. The molecular formula is C30H32F12N6O8. The number of anilines is 1. The van der Waals surface area contributed by atoms with Gasteiger partial charge in [-0.3, -0.25) is 19.2 Å². The van der Waals surface area contributed by atoms with Crippen LogP contribution in [0.25, 0.3) is 5.65 Å². The molecule has 4 N–H and O–H groups in total. The summed E-state index contributed by atoms with van der Waals surface area (Å²) in [6, 6.07) is 11.0. The summed E-state index contributed by atoms with van der Waals surface area (Å²) in [5.41, 5.74) is 3.50. The third-order valence-electron chi connectivity index (χ3n) is 7.09. The molecule has 3 aromatic rings. The summed E-state index contributed by atoms with van der Waals surface area (Å²) in [5, 5.41) is 28.5. The Morgan fingerprint density at radius 1 is 0.696 bits per heavy atom. The van der Waals surface area contributed by atoms with Gasteiger partial charge in [0.1, 0.15) is 11.5 Å². The highest BCUT2D eigenvalue weighted by Gasteiger charge is 2.40. The van der Waals surface area contributed by atoms with Crippen LogP contribution in [0.4, 0.5) is 58.5 Å². The van der Waals surface area contributed by atoms with E-state index in [1.165, 1.54) is 29.9 Å². The second kappa shape index (κ2) is 20.5. The molecule has 0 saturated carbocycles. The Morgan fingerprint density at radius 2 is 1.16 bits per heavy atom. The van der Waals surface area contributed by atoms with Gasteiger partial charge in [0.15, 0.2) is 0 Å². The summed E-state index contributed by atoms with van der Waals surface area (Å²) in [6.07, 6.45) is -11.7. The van der Waals surface area contributed by atoms with Crippen LogP contribution in [0.3, 0.4) is 0 Å². The third-order valence-corrected chi connectivity index (χ3v) is 7.09. The number of alkyl halides is 12. The number of carboxylic acid groups (broad SMARTS) is 4. The zero-order chi connectivity index (χ0) is 43.2. The fourth-order valence-electron chi connectivity index (χ4n) is 4.52. The van der Waals surface area contributed by atoms with Crippen LogP contribution in [-0.2, 0) is 25.7 Å². The van der Waals surface area contributed by atoms with E-state index < -0.39 is 48.6 Å². The predicted molar refractivity (Wildman–Crippen MR) is 166 cm³/mol. The van der Waals surface area contributed by atoms with Crippen molar-refractivity contribution in [3.63, 3.8) is 0 Å². The molecule has 26 heteroatoms. The lowest BCUT2D eigenvalue weighted by atomic mass is 10.1. The number of hydrogen-bond acceptors (Lipinski definition) is 9. The van der Waals surface area contributed by atoms with Gasteiger partial charge in [-0.05, 0) is 43.7 Å². The smallest absolute Gasteiger partial charge is 0.475 e. The van der Waals surface area contributed by atoms with Gasteiger partial charge in [0.2, 0.25) is 0 Å². The SMILES string of the molecule is CN1CCN(Cc2cccnc2)CC1c1cn2c(N3CCCC3)cccc2n1.O=C(O)C(F)(F)F.O=C(O)C(F)(F)F.O=C(O)C(F)(F)F.O=C(O)C(F)(F)F. The quantitative estimate of drug-likeness (QED) is 0.247. The Balaban J connectivity index is 0.000000457. The molecule has 0 radical (unpaired) electrons. The van der Waals surface area contributed by atoms with Crippen molar-refractivity contribution in [3.8, 4) is 0 Å². The summed E-state index contributed by atoms with van der Waals surface area (Å²) in [4.78, 5) is 52.3. The number of hydrogen-bond donors (Lipinski definition) is 4. The van der Waals surface area contributed by atoms with Gasteiger partial charge in [-0.2, -0.15) is 52.7 Å². The molecule has 0 aromatic carbocycles. The highest BCUT2D eigenvalue weighted by molar-refractivity contribution is 5.74. The molecule has 2 aliphatic heterocycles.